The molecule has 14 nitrogen and oxygen atoms in total. The fraction of sp³-hybridized carbons (Fsp3) is 0.932. The maximum absolute atomic E-state index is 13.1. The molecule has 0 radical (unpaired) electrons. The van der Waals surface area contributed by atoms with Gasteiger partial charge in [0, 0.05) is 6.42 Å². The summed E-state index contributed by atoms with van der Waals surface area (Å²) >= 11 is 0. The maximum atomic E-state index is 13.1. The van der Waals surface area contributed by atoms with Crippen molar-refractivity contribution in [2.75, 3.05) is 19.8 Å². The van der Waals surface area contributed by atoms with E-state index in [1.165, 1.54) is 70.6 Å². The van der Waals surface area contributed by atoms with Crippen molar-refractivity contribution in [2.45, 2.75) is 242 Å². The Bertz CT molecular complexity index is 1040. The minimum absolute atomic E-state index is 0.219. The first-order valence-corrected chi connectivity index (χ1v) is 22.9. The van der Waals surface area contributed by atoms with E-state index in [4.69, 9.17) is 18.9 Å². The molecule has 9 N–H and O–H groups in total. The molecular weight excluding hydrogens is 750 g/mol. The van der Waals surface area contributed by atoms with Crippen molar-refractivity contribution in [3.8, 4) is 0 Å². The molecule has 0 aromatic heterocycles. The highest BCUT2D eigenvalue weighted by molar-refractivity contribution is 5.76. The molecule has 14 heteroatoms. The number of carbonyl (C=O) groups excluding carboxylic acids is 1. The van der Waals surface area contributed by atoms with Gasteiger partial charge in [-0.3, -0.25) is 4.79 Å². The van der Waals surface area contributed by atoms with Gasteiger partial charge in [0.1, 0.15) is 48.8 Å². The molecule has 2 aliphatic heterocycles. The van der Waals surface area contributed by atoms with Crippen LogP contribution >= 0.6 is 0 Å². The van der Waals surface area contributed by atoms with Gasteiger partial charge in [-0.1, -0.05) is 135 Å². The third-order valence-corrected chi connectivity index (χ3v) is 11.5. The van der Waals surface area contributed by atoms with Crippen molar-refractivity contribution in [1.82, 2.24) is 5.32 Å². The second kappa shape index (κ2) is 32.4. The van der Waals surface area contributed by atoms with Crippen LogP contribution in [0.4, 0.5) is 0 Å². The smallest absolute Gasteiger partial charge is 0.220 e. The Morgan fingerprint density at radius 3 is 1.64 bits per heavy atom. The van der Waals surface area contributed by atoms with Crippen molar-refractivity contribution in [3.05, 3.63) is 12.2 Å². The Kier molecular flexibility index (Phi) is 29.6. The lowest BCUT2D eigenvalue weighted by atomic mass is 9.97. The lowest BCUT2D eigenvalue weighted by Crippen LogP contribution is -2.65. The summed E-state index contributed by atoms with van der Waals surface area (Å²) in [6.07, 6.45) is 13.7. The first-order valence-electron chi connectivity index (χ1n) is 22.9. The molecule has 0 spiro atoms. The average Bonchev–Trinajstić information content (AvgIpc) is 3.22. The molecule has 0 aromatic rings. The fourth-order valence-corrected chi connectivity index (χ4v) is 7.64. The van der Waals surface area contributed by atoms with E-state index in [9.17, 15) is 45.6 Å². The molecule has 2 rings (SSSR count). The zero-order chi connectivity index (χ0) is 42.5. The van der Waals surface area contributed by atoms with E-state index in [1.807, 2.05) is 0 Å². The van der Waals surface area contributed by atoms with Gasteiger partial charge in [-0.15, -0.1) is 0 Å². The number of aliphatic hydroxyl groups excluding tert-OH is 8. The van der Waals surface area contributed by atoms with Gasteiger partial charge in [-0.2, -0.15) is 0 Å². The molecule has 2 saturated heterocycles. The van der Waals surface area contributed by atoms with Gasteiger partial charge >= 0.3 is 0 Å². The van der Waals surface area contributed by atoms with Gasteiger partial charge in [0.15, 0.2) is 12.6 Å². The van der Waals surface area contributed by atoms with E-state index >= 15 is 0 Å². The van der Waals surface area contributed by atoms with Crippen LogP contribution in [0.5, 0.6) is 0 Å². The molecule has 0 aromatic carbocycles. The first-order chi connectivity index (χ1) is 28.1. The van der Waals surface area contributed by atoms with Crippen molar-refractivity contribution in [1.29, 1.82) is 0 Å². The minimum Gasteiger partial charge on any atom is -0.394 e. The third-order valence-electron chi connectivity index (χ3n) is 11.5. The van der Waals surface area contributed by atoms with Crippen LogP contribution in [-0.2, 0) is 23.7 Å². The molecule has 2 aliphatic rings. The standard InChI is InChI=1S/C44H83NO13/c1-3-5-7-9-11-13-14-15-16-17-18-20-22-24-26-28-36(49)45-32(33(48)27-25-23-21-19-12-10-8-6-4-2)31-55-43-41(54)39(52)42(35(30-47)57-43)58-44-40(53)38(51)37(50)34(29-46)56-44/h15-16,32-35,37-44,46-48,50-54H,3-14,17-31H2,1-2H3,(H,45,49)/b16-15-. The van der Waals surface area contributed by atoms with Crippen LogP contribution in [0, 0.1) is 0 Å². The van der Waals surface area contributed by atoms with Gasteiger partial charge < -0.3 is 65.1 Å². The molecule has 12 atom stereocenters. The molecule has 2 heterocycles. The van der Waals surface area contributed by atoms with Crippen molar-refractivity contribution >= 4 is 5.91 Å². The van der Waals surface area contributed by atoms with E-state index < -0.39 is 86.8 Å². The number of hydrogen-bond acceptors (Lipinski definition) is 13. The number of allylic oxidation sites excluding steroid dienone is 2. The number of nitrogens with one attached hydrogen (secondary N) is 1. The molecule has 0 aliphatic carbocycles. The molecule has 1 amide bonds. The predicted molar refractivity (Wildman–Crippen MR) is 222 cm³/mol. The summed E-state index contributed by atoms with van der Waals surface area (Å²) in [6, 6.07) is -0.826. The summed E-state index contributed by atoms with van der Waals surface area (Å²) in [7, 11) is 0. The molecule has 2 fully saturated rings. The highest BCUT2D eigenvalue weighted by Crippen LogP contribution is 2.30. The highest BCUT2D eigenvalue weighted by atomic mass is 16.7. The highest BCUT2D eigenvalue weighted by Gasteiger charge is 2.51. The van der Waals surface area contributed by atoms with Gasteiger partial charge in [-0.25, -0.2) is 0 Å². The number of rotatable bonds is 34. The molecule has 58 heavy (non-hydrogen) atoms. The number of carbonyl (C=O) groups is 1. The van der Waals surface area contributed by atoms with Gasteiger partial charge in [0.05, 0.1) is 32.0 Å². The predicted octanol–water partition coefficient (Wildman–Crippen LogP) is 4.43. The Balaban J connectivity index is 1.87. The SMILES string of the molecule is CCCCCCCC/C=C\CCCCCCCC(=O)NC(COC1OC(CO)C(OC2OC(CO)C(O)C(O)C2O)C(O)C1O)C(O)CCCCCCCCCCC. The van der Waals surface area contributed by atoms with E-state index in [-0.39, 0.29) is 12.5 Å². The van der Waals surface area contributed by atoms with Crippen LogP contribution in [0.1, 0.15) is 168 Å². The van der Waals surface area contributed by atoms with Gasteiger partial charge in [0.25, 0.3) is 0 Å². The second-order valence-electron chi connectivity index (χ2n) is 16.5. The molecular formula is C44H83NO13. The summed E-state index contributed by atoms with van der Waals surface area (Å²) in [4.78, 5) is 13.1. The van der Waals surface area contributed by atoms with Crippen molar-refractivity contribution < 1.29 is 64.6 Å². The van der Waals surface area contributed by atoms with E-state index in [1.54, 1.807) is 0 Å². The van der Waals surface area contributed by atoms with E-state index in [0.29, 0.717) is 19.3 Å². The minimum atomic E-state index is -1.78. The summed E-state index contributed by atoms with van der Waals surface area (Å²) < 4.78 is 22.6. The summed E-state index contributed by atoms with van der Waals surface area (Å²) in [5, 5.41) is 86.5. The summed E-state index contributed by atoms with van der Waals surface area (Å²) in [5.74, 6) is -0.219. The van der Waals surface area contributed by atoms with Crippen LogP contribution in [0.3, 0.4) is 0 Å². The maximum Gasteiger partial charge on any atom is 0.220 e. The summed E-state index contributed by atoms with van der Waals surface area (Å²) in [5.41, 5.74) is 0. The third kappa shape index (κ3) is 20.5. The molecule has 342 valence electrons. The van der Waals surface area contributed by atoms with Gasteiger partial charge in [0.2, 0.25) is 5.91 Å². The zero-order valence-corrected chi connectivity index (χ0v) is 35.8. The Morgan fingerprint density at radius 1 is 0.603 bits per heavy atom. The lowest BCUT2D eigenvalue weighted by molar-refractivity contribution is -0.359. The topological polar surface area (TPSA) is 228 Å². The number of ether oxygens (including phenoxy) is 4. The zero-order valence-electron chi connectivity index (χ0n) is 35.8. The summed E-state index contributed by atoms with van der Waals surface area (Å²) in [6.45, 7) is 2.79. The Morgan fingerprint density at radius 2 is 1.09 bits per heavy atom. The quantitative estimate of drug-likeness (QED) is 0.0324. The first kappa shape index (κ1) is 52.9. The number of amides is 1. The van der Waals surface area contributed by atoms with Crippen LogP contribution in [0.25, 0.3) is 0 Å². The number of unbranched alkanes of at least 4 members (excludes halogenated alkanes) is 19. The van der Waals surface area contributed by atoms with Crippen LogP contribution in [-0.4, -0.2) is 140 Å². The molecule has 0 bridgehead atoms. The molecule has 0 saturated carbocycles. The monoisotopic (exact) mass is 834 g/mol. The van der Waals surface area contributed by atoms with E-state index in [2.05, 4.69) is 31.3 Å². The Hall–Kier alpha value is -1.27. The largest absolute Gasteiger partial charge is 0.394 e. The van der Waals surface area contributed by atoms with Gasteiger partial charge in [-0.05, 0) is 38.5 Å². The number of aliphatic hydroxyl groups is 8. The number of hydrogen-bond donors (Lipinski definition) is 9. The van der Waals surface area contributed by atoms with Crippen LogP contribution in [0.2, 0.25) is 0 Å². The lowest BCUT2D eigenvalue weighted by Gasteiger charge is -2.46. The Labute approximate surface area is 348 Å². The second-order valence-corrected chi connectivity index (χ2v) is 16.5. The average molecular weight is 834 g/mol. The van der Waals surface area contributed by atoms with Crippen molar-refractivity contribution in [3.63, 3.8) is 0 Å². The van der Waals surface area contributed by atoms with E-state index in [0.717, 1.165) is 64.2 Å². The van der Waals surface area contributed by atoms with Crippen LogP contribution < -0.4 is 5.32 Å². The normalized spacial score (nSPS) is 28.9. The van der Waals surface area contributed by atoms with Crippen molar-refractivity contribution in [2.24, 2.45) is 0 Å². The van der Waals surface area contributed by atoms with Crippen LogP contribution in [0.15, 0.2) is 12.2 Å². The molecule has 12 unspecified atom stereocenters. The fourth-order valence-electron chi connectivity index (χ4n) is 7.64.